The Morgan fingerprint density at radius 2 is 2.28 bits per heavy atom. The minimum Gasteiger partial charge on any atom is -0.330 e. The lowest BCUT2D eigenvalue weighted by Crippen LogP contribution is -2.01. The Labute approximate surface area is 113 Å². The first kappa shape index (κ1) is 11.6. The minimum absolute atomic E-state index is 0.891. The van der Waals surface area contributed by atoms with E-state index >= 15 is 0 Å². The second-order valence-corrected chi connectivity index (χ2v) is 6.10. The summed E-state index contributed by atoms with van der Waals surface area (Å²) in [6, 6.07) is 4.14. The topological polar surface area (TPSA) is 43.6 Å². The monoisotopic (exact) mass is 276 g/mol. The highest BCUT2D eigenvalue weighted by Crippen LogP contribution is 2.23. The third kappa shape index (κ3) is 2.34. The molecule has 0 aliphatic carbocycles. The summed E-state index contributed by atoms with van der Waals surface area (Å²) < 4.78 is 2.17. The highest BCUT2D eigenvalue weighted by atomic mass is 32.1. The van der Waals surface area contributed by atoms with Crippen LogP contribution in [0.15, 0.2) is 29.9 Å². The van der Waals surface area contributed by atoms with Gasteiger partial charge < -0.3 is 4.57 Å². The molecule has 3 rings (SSSR count). The molecule has 6 heteroatoms. The van der Waals surface area contributed by atoms with Crippen LogP contribution in [0.25, 0.3) is 10.7 Å². The first-order chi connectivity index (χ1) is 8.83. The maximum atomic E-state index is 4.42. The Hall–Kier alpha value is -1.53. The van der Waals surface area contributed by atoms with Gasteiger partial charge in [0.1, 0.15) is 15.8 Å². The third-order valence-electron chi connectivity index (χ3n) is 2.59. The van der Waals surface area contributed by atoms with Crippen LogP contribution in [-0.2, 0) is 13.0 Å². The summed E-state index contributed by atoms with van der Waals surface area (Å²) >= 11 is 3.37. The van der Waals surface area contributed by atoms with Crippen LogP contribution in [0.3, 0.4) is 0 Å². The van der Waals surface area contributed by atoms with Crippen molar-refractivity contribution in [1.29, 1.82) is 0 Å². The number of nitrogens with zero attached hydrogens (tertiary/aromatic N) is 4. The van der Waals surface area contributed by atoms with E-state index in [0.29, 0.717) is 0 Å². The molecule has 3 aromatic heterocycles. The highest BCUT2D eigenvalue weighted by molar-refractivity contribution is 7.13. The maximum absolute atomic E-state index is 4.42. The molecule has 4 nitrogen and oxygen atoms in total. The quantitative estimate of drug-likeness (QED) is 0.735. The largest absolute Gasteiger partial charge is 0.330 e. The van der Waals surface area contributed by atoms with Crippen LogP contribution in [0, 0.1) is 6.92 Å². The van der Waals surface area contributed by atoms with Crippen molar-refractivity contribution in [3.05, 3.63) is 39.9 Å². The smallest absolute Gasteiger partial charge is 0.149 e. The molecule has 0 fully saturated rings. The second kappa shape index (κ2) is 4.99. The molecule has 0 unspecified atom stereocenters. The van der Waals surface area contributed by atoms with E-state index in [9.17, 15) is 0 Å². The normalized spacial score (nSPS) is 10.9. The predicted octanol–water partition coefficient (Wildman–Crippen LogP) is 3.01. The van der Waals surface area contributed by atoms with Crippen LogP contribution in [0.5, 0.6) is 0 Å². The van der Waals surface area contributed by atoms with E-state index in [2.05, 4.69) is 31.2 Å². The highest BCUT2D eigenvalue weighted by Gasteiger charge is 2.08. The van der Waals surface area contributed by atoms with E-state index in [-0.39, 0.29) is 0 Å². The fourth-order valence-corrected chi connectivity index (χ4v) is 3.21. The van der Waals surface area contributed by atoms with E-state index in [1.54, 1.807) is 22.7 Å². The molecule has 3 heterocycles. The molecule has 0 aromatic carbocycles. The molecule has 0 saturated carbocycles. The summed E-state index contributed by atoms with van der Waals surface area (Å²) in [5.41, 5.74) is 0. The number of hydrogen-bond donors (Lipinski definition) is 0. The van der Waals surface area contributed by atoms with Crippen molar-refractivity contribution < 1.29 is 0 Å². The second-order valence-electron chi connectivity index (χ2n) is 3.89. The van der Waals surface area contributed by atoms with Gasteiger partial charge in [0.05, 0.1) is 4.88 Å². The SMILES string of the molecule is Cc1nnc(CCn2ccnc2-c2cccs2)s1. The van der Waals surface area contributed by atoms with Crippen molar-refractivity contribution >= 4 is 22.7 Å². The fraction of sp³-hybridized carbons (Fsp3) is 0.250. The van der Waals surface area contributed by atoms with Crippen molar-refractivity contribution in [2.45, 2.75) is 19.9 Å². The Morgan fingerprint density at radius 1 is 1.33 bits per heavy atom. The number of thiophene rings is 1. The van der Waals surface area contributed by atoms with Gasteiger partial charge in [-0.2, -0.15) is 0 Å². The molecule has 92 valence electrons. The lowest BCUT2D eigenvalue weighted by molar-refractivity contribution is 0.696. The first-order valence-corrected chi connectivity index (χ1v) is 7.36. The van der Waals surface area contributed by atoms with Gasteiger partial charge in [0, 0.05) is 25.4 Å². The van der Waals surface area contributed by atoms with Gasteiger partial charge in [-0.15, -0.1) is 32.9 Å². The summed E-state index contributed by atoms with van der Waals surface area (Å²) in [6.45, 7) is 2.87. The number of imidazole rings is 1. The molecule has 0 N–H and O–H groups in total. The first-order valence-electron chi connectivity index (χ1n) is 5.67. The van der Waals surface area contributed by atoms with Crippen molar-refractivity contribution in [3.63, 3.8) is 0 Å². The standard InChI is InChI=1S/C12H12N4S2/c1-9-14-15-11(18-9)4-6-16-7-5-13-12(16)10-3-2-8-17-10/h2-3,5,7-8H,4,6H2,1H3. The molecular formula is C12H12N4S2. The third-order valence-corrected chi connectivity index (χ3v) is 4.36. The van der Waals surface area contributed by atoms with Crippen LogP contribution in [-0.4, -0.2) is 19.7 Å². The predicted molar refractivity (Wildman–Crippen MR) is 73.9 cm³/mol. The molecule has 0 aliphatic heterocycles. The van der Waals surface area contributed by atoms with Crippen molar-refractivity contribution in [2.75, 3.05) is 0 Å². The molecule has 0 amide bonds. The molecule has 0 radical (unpaired) electrons. The zero-order valence-electron chi connectivity index (χ0n) is 9.91. The zero-order chi connectivity index (χ0) is 12.4. The van der Waals surface area contributed by atoms with Crippen LogP contribution in [0.1, 0.15) is 10.0 Å². The van der Waals surface area contributed by atoms with Gasteiger partial charge in [0.2, 0.25) is 0 Å². The van der Waals surface area contributed by atoms with Crippen LogP contribution in [0.2, 0.25) is 0 Å². The van der Waals surface area contributed by atoms with E-state index in [0.717, 1.165) is 28.8 Å². The summed E-state index contributed by atoms with van der Waals surface area (Å²) in [5.74, 6) is 1.03. The number of aryl methyl sites for hydroxylation is 3. The number of rotatable bonds is 4. The Kier molecular flexibility index (Phi) is 3.21. The number of hydrogen-bond acceptors (Lipinski definition) is 5. The van der Waals surface area contributed by atoms with E-state index in [1.807, 2.05) is 25.4 Å². The molecule has 18 heavy (non-hydrogen) atoms. The van der Waals surface area contributed by atoms with E-state index in [1.165, 1.54) is 4.88 Å². The van der Waals surface area contributed by atoms with Crippen molar-refractivity contribution in [3.8, 4) is 10.7 Å². The lowest BCUT2D eigenvalue weighted by Gasteiger charge is -2.04. The molecule has 0 spiro atoms. The van der Waals surface area contributed by atoms with Gasteiger partial charge in [-0.3, -0.25) is 0 Å². The number of aromatic nitrogens is 4. The molecule has 0 saturated heterocycles. The van der Waals surface area contributed by atoms with Crippen LogP contribution < -0.4 is 0 Å². The summed E-state index contributed by atoms with van der Waals surface area (Å²) in [4.78, 5) is 5.62. The average Bonchev–Trinajstić information content (AvgIpc) is 3.07. The van der Waals surface area contributed by atoms with Gasteiger partial charge in [-0.05, 0) is 18.4 Å². The molecule has 0 atom stereocenters. The summed E-state index contributed by atoms with van der Waals surface area (Å²) in [5, 5.41) is 12.4. The van der Waals surface area contributed by atoms with Gasteiger partial charge in [0.15, 0.2) is 0 Å². The maximum Gasteiger partial charge on any atom is 0.149 e. The average molecular weight is 276 g/mol. The lowest BCUT2D eigenvalue weighted by atomic mass is 10.4. The van der Waals surface area contributed by atoms with Gasteiger partial charge >= 0.3 is 0 Å². The molecular weight excluding hydrogens is 264 g/mol. The van der Waals surface area contributed by atoms with Crippen molar-refractivity contribution in [1.82, 2.24) is 19.7 Å². The summed E-state index contributed by atoms with van der Waals surface area (Å²) in [7, 11) is 0. The Balaban J connectivity index is 1.76. The van der Waals surface area contributed by atoms with Crippen LogP contribution >= 0.6 is 22.7 Å². The molecule has 0 aliphatic rings. The van der Waals surface area contributed by atoms with Gasteiger partial charge in [-0.1, -0.05) is 6.07 Å². The van der Waals surface area contributed by atoms with E-state index in [4.69, 9.17) is 0 Å². The fourth-order valence-electron chi connectivity index (χ4n) is 1.78. The molecule has 0 bridgehead atoms. The summed E-state index contributed by atoms with van der Waals surface area (Å²) in [6.07, 6.45) is 4.77. The minimum atomic E-state index is 0.891. The van der Waals surface area contributed by atoms with E-state index < -0.39 is 0 Å². The Morgan fingerprint density at radius 3 is 3.00 bits per heavy atom. The zero-order valence-corrected chi connectivity index (χ0v) is 11.5. The molecule has 3 aromatic rings. The van der Waals surface area contributed by atoms with Crippen LogP contribution in [0.4, 0.5) is 0 Å². The van der Waals surface area contributed by atoms with Gasteiger partial charge in [-0.25, -0.2) is 4.98 Å². The van der Waals surface area contributed by atoms with Crippen molar-refractivity contribution in [2.24, 2.45) is 0 Å². The Bertz CT molecular complexity index is 624. The van der Waals surface area contributed by atoms with Gasteiger partial charge in [0.25, 0.3) is 0 Å².